The molecule has 1 amide bonds. The van der Waals surface area contributed by atoms with E-state index in [0.29, 0.717) is 5.01 Å². The van der Waals surface area contributed by atoms with Gasteiger partial charge in [0.25, 0.3) is 5.91 Å². The van der Waals surface area contributed by atoms with Gasteiger partial charge in [-0.05, 0) is 6.07 Å². The van der Waals surface area contributed by atoms with Gasteiger partial charge in [-0.25, -0.2) is 10.0 Å². The number of hydrogen-bond donors (Lipinski definition) is 1. The molecule has 1 aromatic heterocycles. The maximum atomic E-state index is 11.9. The van der Waals surface area contributed by atoms with E-state index in [1.54, 1.807) is 0 Å². The van der Waals surface area contributed by atoms with Gasteiger partial charge in [0.15, 0.2) is 4.88 Å². The van der Waals surface area contributed by atoms with Gasteiger partial charge < -0.3 is 5.11 Å². The van der Waals surface area contributed by atoms with E-state index in [-0.39, 0.29) is 10.8 Å². The Morgan fingerprint density at radius 3 is 2.79 bits per heavy atom. The van der Waals surface area contributed by atoms with Crippen LogP contribution >= 0.6 is 27.3 Å². The molecule has 100 valence electrons. The van der Waals surface area contributed by atoms with Gasteiger partial charge in [0.2, 0.25) is 5.88 Å². The fraction of sp³-hybridized carbons (Fsp3) is 0.167. The van der Waals surface area contributed by atoms with Crippen molar-refractivity contribution in [1.82, 2.24) is 10.0 Å². The molecular formula is C12H11BrN2O3S. The first kappa shape index (κ1) is 14.0. The molecule has 0 aliphatic heterocycles. The predicted molar refractivity (Wildman–Crippen MR) is 76.0 cm³/mol. The molecule has 5 nitrogen and oxygen atoms in total. The number of amides is 1. The molecule has 0 aliphatic carbocycles. The molecule has 0 atom stereocenters. The van der Waals surface area contributed by atoms with E-state index >= 15 is 0 Å². The summed E-state index contributed by atoms with van der Waals surface area (Å²) in [6.07, 6.45) is 0. The number of halogens is 1. The molecule has 0 unspecified atom stereocenters. The Labute approximate surface area is 122 Å². The van der Waals surface area contributed by atoms with E-state index in [9.17, 15) is 9.90 Å². The van der Waals surface area contributed by atoms with Gasteiger partial charge in [-0.3, -0.25) is 9.63 Å². The summed E-state index contributed by atoms with van der Waals surface area (Å²) < 4.78 is 0.850. The summed E-state index contributed by atoms with van der Waals surface area (Å²) in [4.78, 5) is 20.9. The highest BCUT2D eigenvalue weighted by Gasteiger charge is 2.22. The minimum atomic E-state index is -0.434. The number of aromatic hydroxyl groups is 1. The van der Waals surface area contributed by atoms with Crippen LogP contribution in [0.15, 0.2) is 28.7 Å². The average molecular weight is 343 g/mol. The summed E-state index contributed by atoms with van der Waals surface area (Å²) in [6.45, 7) is 0. The molecule has 0 saturated carbocycles. The molecule has 2 aromatic rings. The molecule has 1 heterocycles. The molecule has 7 heteroatoms. The lowest BCUT2D eigenvalue weighted by molar-refractivity contribution is -0.0755. The second-order valence-corrected chi connectivity index (χ2v) is 5.49. The number of hydrogen-bond acceptors (Lipinski definition) is 5. The van der Waals surface area contributed by atoms with Crippen LogP contribution in [0.3, 0.4) is 0 Å². The SMILES string of the molecule is CON(C)C(=O)c1sc(-c2ccccc2Br)nc1O. The third-order valence-electron chi connectivity index (χ3n) is 2.47. The molecule has 0 radical (unpaired) electrons. The lowest BCUT2D eigenvalue weighted by atomic mass is 10.2. The van der Waals surface area contributed by atoms with E-state index in [1.165, 1.54) is 14.2 Å². The molecular weight excluding hydrogens is 332 g/mol. The zero-order valence-corrected chi connectivity index (χ0v) is 12.7. The second-order valence-electron chi connectivity index (χ2n) is 3.64. The highest BCUT2D eigenvalue weighted by molar-refractivity contribution is 9.10. The third-order valence-corrected chi connectivity index (χ3v) is 4.23. The first-order chi connectivity index (χ1) is 9.04. The van der Waals surface area contributed by atoms with Gasteiger partial charge in [0.1, 0.15) is 5.01 Å². The molecule has 1 N–H and O–H groups in total. The van der Waals surface area contributed by atoms with Crippen LogP contribution in [0.5, 0.6) is 5.88 Å². The molecule has 2 rings (SSSR count). The number of carbonyl (C=O) groups is 1. The van der Waals surface area contributed by atoms with Gasteiger partial charge in [-0.1, -0.05) is 34.1 Å². The summed E-state index contributed by atoms with van der Waals surface area (Å²) in [5, 5.41) is 11.4. The molecule has 0 saturated heterocycles. The highest BCUT2D eigenvalue weighted by Crippen LogP contribution is 2.35. The predicted octanol–water partition coefficient (Wildman–Crippen LogP) is 2.91. The Kier molecular flexibility index (Phi) is 4.18. The Morgan fingerprint density at radius 1 is 1.47 bits per heavy atom. The zero-order valence-electron chi connectivity index (χ0n) is 10.3. The molecule has 0 aliphatic rings. The monoisotopic (exact) mass is 342 g/mol. The second kappa shape index (κ2) is 5.68. The van der Waals surface area contributed by atoms with Gasteiger partial charge in [-0.15, -0.1) is 11.3 Å². The van der Waals surface area contributed by atoms with Crippen LogP contribution in [0, 0.1) is 0 Å². The van der Waals surface area contributed by atoms with Gasteiger partial charge in [0, 0.05) is 17.1 Å². The zero-order chi connectivity index (χ0) is 14.0. The minimum Gasteiger partial charge on any atom is -0.492 e. The summed E-state index contributed by atoms with van der Waals surface area (Å²) in [5.74, 6) is -0.722. The maximum Gasteiger partial charge on any atom is 0.292 e. The number of nitrogens with zero attached hydrogens (tertiary/aromatic N) is 2. The summed E-state index contributed by atoms with van der Waals surface area (Å²) in [7, 11) is 2.85. The van der Waals surface area contributed by atoms with Gasteiger partial charge in [-0.2, -0.15) is 0 Å². The first-order valence-corrected chi connectivity index (χ1v) is 6.92. The number of aromatic nitrogens is 1. The first-order valence-electron chi connectivity index (χ1n) is 5.31. The number of benzene rings is 1. The fourth-order valence-electron chi connectivity index (χ4n) is 1.43. The molecule has 19 heavy (non-hydrogen) atoms. The van der Waals surface area contributed by atoms with Crippen LogP contribution in [0.1, 0.15) is 9.67 Å². The Balaban J connectivity index is 2.42. The van der Waals surface area contributed by atoms with Crippen molar-refractivity contribution >= 4 is 33.2 Å². The number of carbonyl (C=O) groups excluding carboxylic acids is 1. The van der Waals surface area contributed by atoms with E-state index in [4.69, 9.17) is 4.84 Å². The van der Waals surface area contributed by atoms with E-state index in [0.717, 1.165) is 26.4 Å². The number of rotatable bonds is 3. The van der Waals surface area contributed by atoms with Crippen LogP contribution in [0.25, 0.3) is 10.6 Å². The molecule has 0 spiro atoms. The largest absolute Gasteiger partial charge is 0.492 e. The molecule has 0 fully saturated rings. The standard InChI is InChI=1S/C12H11BrN2O3S/c1-15(18-2)12(17)9-10(16)14-11(19-9)7-5-3-4-6-8(7)13/h3-6,16H,1-2H3. The van der Waals surface area contributed by atoms with Crippen molar-refractivity contribution in [2.75, 3.05) is 14.2 Å². The van der Waals surface area contributed by atoms with Crippen molar-refractivity contribution in [3.8, 4) is 16.5 Å². The topological polar surface area (TPSA) is 62.7 Å². The van der Waals surface area contributed by atoms with Crippen LogP contribution in [-0.4, -0.2) is 35.2 Å². The van der Waals surface area contributed by atoms with Crippen LogP contribution < -0.4 is 0 Å². The van der Waals surface area contributed by atoms with E-state index < -0.39 is 5.91 Å². The van der Waals surface area contributed by atoms with Gasteiger partial charge in [0.05, 0.1) is 7.11 Å². The van der Waals surface area contributed by atoms with Crippen LogP contribution in [0.4, 0.5) is 0 Å². The summed E-state index contributed by atoms with van der Waals surface area (Å²) in [6, 6.07) is 7.47. The Morgan fingerprint density at radius 2 is 2.16 bits per heavy atom. The van der Waals surface area contributed by atoms with Crippen molar-refractivity contribution in [1.29, 1.82) is 0 Å². The number of hydroxylamine groups is 2. The summed E-state index contributed by atoms with van der Waals surface area (Å²) >= 11 is 4.53. The number of thiazole rings is 1. The Bertz CT molecular complexity index is 615. The van der Waals surface area contributed by atoms with Crippen molar-refractivity contribution in [2.45, 2.75) is 0 Å². The smallest absolute Gasteiger partial charge is 0.292 e. The summed E-state index contributed by atoms with van der Waals surface area (Å²) in [5.41, 5.74) is 0.821. The lowest BCUT2D eigenvalue weighted by Gasteiger charge is -2.11. The molecule has 0 bridgehead atoms. The van der Waals surface area contributed by atoms with Crippen LogP contribution in [0.2, 0.25) is 0 Å². The minimum absolute atomic E-state index is 0.148. The normalized spacial score (nSPS) is 10.5. The molecule has 1 aromatic carbocycles. The third kappa shape index (κ3) is 2.78. The van der Waals surface area contributed by atoms with E-state index in [1.807, 2.05) is 24.3 Å². The van der Waals surface area contributed by atoms with Crippen LogP contribution in [-0.2, 0) is 4.84 Å². The van der Waals surface area contributed by atoms with Crippen molar-refractivity contribution in [3.63, 3.8) is 0 Å². The highest BCUT2D eigenvalue weighted by atomic mass is 79.9. The van der Waals surface area contributed by atoms with Gasteiger partial charge >= 0.3 is 0 Å². The Hall–Kier alpha value is -1.44. The fourth-order valence-corrected chi connectivity index (χ4v) is 3.00. The quantitative estimate of drug-likeness (QED) is 0.871. The van der Waals surface area contributed by atoms with Crippen molar-refractivity contribution in [3.05, 3.63) is 33.6 Å². The maximum absolute atomic E-state index is 11.9. The van der Waals surface area contributed by atoms with Crippen molar-refractivity contribution in [2.24, 2.45) is 0 Å². The average Bonchev–Trinajstić information content (AvgIpc) is 2.79. The lowest BCUT2D eigenvalue weighted by Crippen LogP contribution is -2.24. The van der Waals surface area contributed by atoms with E-state index in [2.05, 4.69) is 20.9 Å². The van der Waals surface area contributed by atoms with Crippen molar-refractivity contribution < 1.29 is 14.7 Å².